The summed E-state index contributed by atoms with van der Waals surface area (Å²) in [6, 6.07) is 32.2. The number of furan rings is 1. The fourth-order valence-corrected chi connectivity index (χ4v) is 4.55. The van der Waals surface area contributed by atoms with E-state index in [1.54, 1.807) is 13.4 Å². The third kappa shape index (κ3) is 5.15. The summed E-state index contributed by atoms with van der Waals surface area (Å²) in [7, 11) is 1.67. The Kier molecular flexibility index (Phi) is 6.60. The number of hydrogen-bond donors (Lipinski definition) is 0. The van der Waals surface area contributed by atoms with E-state index >= 15 is 0 Å². The monoisotopic (exact) mass is 501 g/mol. The molecule has 0 unspecified atom stereocenters. The molecule has 0 aliphatic rings. The van der Waals surface area contributed by atoms with Gasteiger partial charge in [0.05, 0.1) is 31.0 Å². The fraction of sp³-hybridized carbons (Fsp3) is 0.125. The van der Waals surface area contributed by atoms with Crippen molar-refractivity contribution in [2.24, 2.45) is 0 Å². The summed E-state index contributed by atoms with van der Waals surface area (Å²) in [6.45, 7) is 1.10. The molecule has 0 radical (unpaired) electrons. The molecule has 3 aromatic heterocycles. The third-order valence-corrected chi connectivity index (χ3v) is 6.50. The van der Waals surface area contributed by atoms with Crippen molar-refractivity contribution in [1.82, 2.24) is 14.5 Å². The highest BCUT2D eigenvalue weighted by Gasteiger charge is 2.13. The molecular formula is C32H27N3O3. The highest BCUT2D eigenvalue weighted by atomic mass is 16.5. The predicted molar refractivity (Wildman–Crippen MR) is 147 cm³/mol. The van der Waals surface area contributed by atoms with Crippen molar-refractivity contribution in [3.63, 3.8) is 0 Å². The molecule has 0 amide bonds. The lowest BCUT2D eigenvalue weighted by molar-refractivity contribution is 0.305. The van der Waals surface area contributed by atoms with E-state index in [2.05, 4.69) is 28.8 Å². The second kappa shape index (κ2) is 10.6. The minimum absolute atomic E-state index is 0.469. The number of imidazole rings is 1. The van der Waals surface area contributed by atoms with Crippen LogP contribution in [0.4, 0.5) is 0 Å². The van der Waals surface area contributed by atoms with Crippen molar-refractivity contribution < 1.29 is 13.9 Å². The number of para-hydroxylation sites is 2. The number of hydrogen-bond acceptors (Lipinski definition) is 5. The second-order valence-electron chi connectivity index (χ2n) is 9.07. The normalized spacial score (nSPS) is 11.1. The van der Waals surface area contributed by atoms with Gasteiger partial charge in [-0.2, -0.15) is 0 Å². The Hall–Kier alpha value is -4.84. The molecule has 0 atom stereocenters. The minimum Gasteiger partial charge on any atom is -0.497 e. The average Bonchev–Trinajstić information content (AvgIpc) is 3.61. The maximum Gasteiger partial charge on any atom is 0.123 e. The molecule has 0 bridgehead atoms. The van der Waals surface area contributed by atoms with E-state index in [4.69, 9.17) is 23.9 Å². The van der Waals surface area contributed by atoms with Gasteiger partial charge in [0.1, 0.15) is 29.7 Å². The maximum atomic E-state index is 6.05. The molecule has 6 nitrogen and oxygen atoms in total. The van der Waals surface area contributed by atoms with Crippen molar-refractivity contribution in [2.45, 2.75) is 19.6 Å². The Morgan fingerprint density at radius 1 is 0.816 bits per heavy atom. The van der Waals surface area contributed by atoms with Crippen LogP contribution in [0.2, 0.25) is 0 Å². The average molecular weight is 502 g/mol. The van der Waals surface area contributed by atoms with Crippen LogP contribution in [-0.2, 0) is 19.6 Å². The molecular weight excluding hydrogens is 474 g/mol. The van der Waals surface area contributed by atoms with Crippen LogP contribution in [0.25, 0.3) is 22.2 Å². The molecule has 6 aromatic rings. The van der Waals surface area contributed by atoms with Gasteiger partial charge in [-0.05, 0) is 65.7 Å². The highest BCUT2D eigenvalue weighted by molar-refractivity contribution is 5.76. The van der Waals surface area contributed by atoms with E-state index in [0.29, 0.717) is 19.6 Å². The first-order chi connectivity index (χ1) is 18.7. The van der Waals surface area contributed by atoms with E-state index in [1.807, 2.05) is 79.0 Å². The van der Waals surface area contributed by atoms with E-state index < -0.39 is 0 Å². The van der Waals surface area contributed by atoms with E-state index in [1.165, 1.54) is 0 Å². The molecule has 188 valence electrons. The van der Waals surface area contributed by atoms with Crippen LogP contribution in [0.15, 0.2) is 114 Å². The molecule has 0 spiro atoms. The van der Waals surface area contributed by atoms with E-state index in [9.17, 15) is 0 Å². The fourth-order valence-electron chi connectivity index (χ4n) is 4.55. The van der Waals surface area contributed by atoms with Gasteiger partial charge < -0.3 is 18.5 Å². The van der Waals surface area contributed by atoms with Crippen LogP contribution in [0, 0.1) is 0 Å². The molecule has 0 aliphatic heterocycles. The van der Waals surface area contributed by atoms with Gasteiger partial charge >= 0.3 is 0 Å². The van der Waals surface area contributed by atoms with Gasteiger partial charge in [-0.1, -0.05) is 42.5 Å². The van der Waals surface area contributed by atoms with Crippen molar-refractivity contribution >= 4 is 11.0 Å². The number of aromatic nitrogens is 3. The first kappa shape index (κ1) is 23.6. The van der Waals surface area contributed by atoms with Crippen LogP contribution in [0.3, 0.4) is 0 Å². The van der Waals surface area contributed by atoms with Gasteiger partial charge in [-0.15, -0.1) is 0 Å². The Morgan fingerprint density at radius 3 is 2.55 bits per heavy atom. The molecule has 0 fully saturated rings. The molecule has 0 saturated carbocycles. The second-order valence-corrected chi connectivity index (χ2v) is 9.07. The van der Waals surface area contributed by atoms with Gasteiger partial charge in [0.25, 0.3) is 0 Å². The summed E-state index contributed by atoms with van der Waals surface area (Å²) >= 11 is 0. The lowest BCUT2D eigenvalue weighted by Gasteiger charge is -2.10. The van der Waals surface area contributed by atoms with Crippen molar-refractivity contribution in [1.29, 1.82) is 0 Å². The molecule has 6 rings (SSSR count). The van der Waals surface area contributed by atoms with E-state index in [-0.39, 0.29) is 0 Å². The minimum atomic E-state index is 0.469. The quantitative estimate of drug-likeness (QED) is 0.215. The smallest absolute Gasteiger partial charge is 0.123 e. The molecule has 38 heavy (non-hydrogen) atoms. The number of nitrogens with zero attached hydrogens (tertiary/aromatic N) is 3. The van der Waals surface area contributed by atoms with Gasteiger partial charge in [0, 0.05) is 23.9 Å². The first-order valence-electron chi connectivity index (χ1n) is 12.5. The summed E-state index contributed by atoms with van der Waals surface area (Å²) in [4.78, 5) is 9.66. The van der Waals surface area contributed by atoms with Gasteiger partial charge in [-0.3, -0.25) is 4.98 Å². The molecule has 0 aliphatic carbocycles. The maximum absolute atomic E-state index is 6.05. The zero-order valence-corrected chi connectivity index (χ0v) is 21.1. The highest BCUT2D eigenvalue weighted by Crippen LogP contribution is 2.26. The lowest BCUT2D eigenvalue weighted by atomic mass is 10.1. The summed E-state index contributed by atoms with van der Waals surface area (Å²) in [5.41, 5.74) is 6.15. The molecule has 0 saturated heterocycles. The van der Waals surface area contributed by atoms with Gasteiger partial charge in [0.15, 0.2) is 0 Å². The molecule has 3 aromatic carbocycles. The van der Waals surface area contributed by atoms with Crippen molar-refractivity contribution in [3.8, 4) is 22.6 Å². The van der Waals surface area contributed by atoms with Crippen LogP contribution in [0.5, 0.6) is 11.5 Å². The predicted octanol–water partition coefficient (Wildman–Crippen LogP) is 6.92. The zero-order chi connectivity index (χ0) is 25.7. The number of pyridine rings is 1. The topological polar surface area (TPSA) is 62.3 Å². The number of benzene rings is 3. The molecule has 6 heteroatoms. The first-order valence-corrected chi connectivity index (χ1v) is 12.5. The Morgan fingerprint density at radius 2 is 1.71 bits per heavy atom. The summed E-state index contributed by atoms with van der Waals surface area (Å²) in [5, 5.41) is 0. The Labute approximate surface area is 221 Å². The number of rotatable bonds is 9. The van der Waals surface area contributed by atoms with E-state index in [0.717, 1.165) is 56.5 Å². The lowest BCUT2D eigenvalue weighted by Crippen LogP contribution is -2.06. The molecule has 0 N–H and O–H groups in total. The number of methoxy groups -OCH3 is 1. The summed E-state index contributed by atoms with van der Waals surface area (Å²) in [6.07, 6.45) is 4.24. The molecule has 3 heterocycles. The Bertz CT molecular complexity index is 1650. The van der Waals surface area contributed by atoms with Gasteiger partial charge in [-0.25, -0.2) is 4.98 Å². The van der Waals surface area contributed by atoms with Crippen LogP contribution in [0.1, 0.15) is 22.8 Å². The number of ether oxygens (including phenoxy) is 2. The summed E-state index contributed by atoms with van der Waals surface area (Å²) in [5.74, 6) is 3.48. The van der Waals surface area contributed by atoms with Crippen LogP contribution < -0.4 is 9.47 Å². The van der Waals surface area contributed by atoms with Crippen molar-refractivity contribution in [2.75, 3.05) is 7.11 Å². The zero-order valence-electron chi connectivity index (χ0n) is 21.1. The third-order valence-electron chi connectivity index (χ3n) is 6.50. The Balaban J connectivity index is 1.19. The van der Waals surface area contributed by atoms with Crippen LogP contribution in [-0.4, -0.2) is 21.6 Å². The largest absolute Gasteiger partial charge is 0.497 e. The van der Waals surface area contributed by atoms with Gasteiger partial charge in [0.2, 0.25) is 0 Å². The standard InChI is InChI=1S/C32H27N3O3/c1-36-27-9-4-7-23(17-27)22-38-28-10-5-8-24(18-28)25-14-15-26(33-20-25)19-32-34-30-12-2-3-13-31(30)35(32)21-29-11-6-16-37-29/h2-18,20H,19,21-22H2,1H3. The van der Waals surface area contributed by atoms with Crippen LogP contribution >= 0.6 is 0 Å². The van der Waals surface area contributed by atoms with Crippen molar-refractivity contribution in [3.05, 3.63) is 132 Å². The SMILES string of the molecule is COc1cccc(COc2cccc(-c3ccc(Cc4nc5ccccc5n4Cc4ccco4)nc3)c2)c1. The summed E-state index contributed by atoms with van der Waals surface area (Å²) < 4.78 is 19.2. The number of fused-ring (bicyclic) bond motifs is 1.